The highest BCUT2D eigenvalue weighted by molar-refractivity contribution is 5.93. The van der Waals surface area contributed by atoms with E-state index in [2.05, 4.69) is 0 Å². The van der Waals surface area contributed by atoms with Crippen LogP contribution in [0.4, 0.5) is 0 Å². The van der Waals surface area contributed by atoms with Crippen molar-refractivity contribution in [2.45, 2.75) is 6.92 Å². The Morgan fingerprint density at radius 1 is 1.39 bits per heavy atom. The Balaban J connectivity index is 1.91. The number of benzene rings is 1. The van der Waals surface area contributed by atoms with Gasteiger partial charge in [0, 0.05) is 19.2 Å². The molecule has 1 heterocycles. The van der Waals surface area contributed by atoms with Crippen molar-refractivity contribution in [2.24, 2.45) is 5.92 Å². The zero-order valence-electron chi connectivity index (χ0n) is 10.2. The summed E-state index contributed by atoms with van der Waals surface area (Å²) in [6.07, 6.45) is 3.25. The Morgan fingerprint density at radius 3 is 2.72 bits per heavy atom. The van der Waals surface area contributed by atoms with E-state index in [9.17, 15) is 9.59 Å². The molecule has 1 aliphatic heterocycles. The molecule has 0 unspecified atom stereocenters. The summed E-state index contributed by atoms with van der Waals surface area (Å²) in [5.74, 6) is -1.36. The molecular weight excluding hydrogens is 230 g/mol. The fourth-order valence-electron chi connectivity index (χ4n) is 1.86. The van der Waals surface area contributed by atoms with Crippen molar-refractivity contribution in [2.75, 3.05) is 13.1 Å². The van der Waals surface area contributed by atoms with Crippen LogP contribution in [0.25, 0.3) is 6.08 Å². The maximum absolute atomic E-state index is 11.7. The average molecular weight is 245 g/mol. The summed E-state index contributed by atoms with van der Waals surface area (Å²) in [7, 11) is 0. The van der Waals surface area contributed by atoms with Crippen molar-refractivity contribution in [3.63, 3.8) is 0 Å². The van der Waals surface area contributed by atoms with E-state index in [-0.39, 0.29) is 5.91 Å². The summed E-state index contributed by atoms with van der Waals surface area (Å²) < 4.78 is 0. The van der Waals surface area contributed by atoms with E-state index in [1.54, 1.807) is 6.08 Å². The Bertz CT molecular complexity index is 502. The SMILES string of the molecule is Cc1cccc(C=CC(=O)N2CC(C(=O)O)C2)c1. The average Bonchev–Trinajstić information content (AvgIpc) is 2.24. The number of amides is 1. The predicted octanol–water partition coefficient (Wildman–Crippen LogP) is 1.55. The third-order valence-corrected chi connectivity index (χ3v) is 3.00. The molecule has 4 nitrogen and oxygen atoms in total. The van der Waals surface area contributed by atoms with Gasteiger partial charge in [-0.3, -0.25) is 9.59 Å². The minimum absolute atomic E-state index is 0.131. The number of carbonyl (C=O) groups excluding carboxylic acids is 1. The summed E-state index contributed by atoms with van der Waals surface area (Å²) in [6, 6.07) is 7.84. The zero-order chi connectivity index (χ0) is 13.1. The number of carbonyl (C=O) groups is 2. The van der Waals surface area contributed by atoms with Gasteiger partial charge in [0.25, 0.3) is 0 Å². The summed E-state index contributed by atoms with van der Waals surface area (Å²) in [6.45, 7) is 2.62. The van der Waals surface area contributed by atoms with Crippen LogP contribution in [0.2, 0.25) is 0 Å². The van der Waals surface area contributed by atoms with Gasteiger partial charge in [0.1, 0.15) is 0 Å². The molecule has 1 aromatic carbocycles. The number of aliphatic carboxylic acids is 1. The molecule has 0 bridgehead atoms. The number of aryl methyl sites for hydroxylation is 1. The Hall–Kier alpha value is -2.10. The number of likely N-dealkylation sites (tertiary alicyclic amines) is 1. The molecule has 0 spiro atoms. The Kier molecular flexibility index (Phi) is 3.46. The molecular formula is C14H15NO3. The molecule has 0 aliphatic carbocycles. The van der Waals surface area contributed by atoms with Crippen LogP contribution >= 0.6 is 0 Å². The molecule has 4 heteroatoms. The zero-order valence-corrected chi connectivity index (χ0v) is 10.2. The maximum Gasteiger partial charge on any atom is 0.310 e. The first-order chi connectivity index (χ1) is 8.56. The monoisotopic (exact) mass is 245 g/mol. The molecule has 1 fully saturated rings. The highest BCUT2D eigenvalue weighted by Crippen LogP contribution is 2.16. The molecule has 0 saturated carbocycles. The number of carboxylic acids is 1. The third kappa shape index (κ3) is 2.77. The molecule has 2 rings (SSSR count). The second-order valence-corrected chi connectivity index (χ2v) is 4.53. The quantitative estimate of drug-likeness (QED) is 0.822. The van der Waals surface area contributed by atoms with Gasteiger partial charge in [-0.1, -0.05) is 29.8 Å². The summed E-state index contributed by atoms with van der Waals surface area (Å²) in [5, 5.41) is 8.72. The molecule has 18 heavy (non-hydrogen) atoms. The maximum atomic E-state index is 11.7. The van der Waals surface area contributed by atoms with Crippen molar-refractivity contribution in [1.82, 2.24) is 4.90 Å². The van der Waals surface area contributed by atoms with Crippen LogP contribution in [0.15, 0.2) is 30.3 Å². The van der Waals surface area contributed by atoms with Crippen molar-refractivity contribution in [3.8, 4) is 0 Å². The fraction of sp³-hybridized carbons (Fsp3) is 0.286. The van der Waals surface area contributed by atoms with E-state index in [1.165, 1.54) is 11.0 Å². The van der Waals surface area contributed by atoms with Crippen LogP contribution < -0.4 is 0 Å². The topological polar surface area (TPSA) is 57.6 Å². The van der Waals surface area contributed by atoms with Gasteiger partial charge in [-0.05, 0) is 18.6 Å². The molecule has 1 aliphatic rings. The highest BCUT2D eigenvalue weighted by Gasteiger charge is 2.34. The van der Waals surface area contributed by atoms with Gasteiger partial charge in [-0.2, -0.15) is 0 Å². The van der Waals surface area contributed by atoms with Crippen molar-refractivity contribution < 1.29 is 14.7 Å². The minimum Gasteiger partial charge on any atom is -0.481 e. The molecule has 0 aromatic heterocycles. The number of hydrogen-bond acceptors (Lipinski definition) is 2. The van der Waals surface area contributed by atoms with Crippen LogP contribution in [-0.2, 0) is 9.59 Å². The number of carboxylic acid groups (broad SMARTS) is 1. The van der Waals surface area contributed by atoms with E-state index < -0.39 is 11.9 Å². The van der Waals surface area contributed by atoms with Gasteiger partial charge >= 0.3 is 5.97 Å². The fourth-order valence-corrected chi connectivity index (χ4v) is 1.86. The normalized spacial score (nSPS) is 15.7. The lowest BCUT2D eigenvalue weighted by Crippen LogP contribution is -2.52. The van der Waals surface area contributed by atoms with Gasteiger partial charge < -0.3 is 10.0 Å². The van der Waals surface area contributed by atoms with Gasteiger partial charge in [0.2, 0.25) is 5.91 Å². The van der Waals surface area contributed by atoms with Crippen LogP contribution in [0.5, 0.6) is 0 Å². The molecule has 0 radical (unpaired) electrons. The lowest BCUT2D eigenvalue weighted by atomic mass is 10.0. The van der Waals surface area contributed by atoms with Crippen LogP contribution in [0, 0.1) is 12.8 Å². The first kappa shape index (κ1) is 12.4. The summed E-state index contributed by atoms with van der Waals surface area (Å²) in [5.41, 5.74) is 2.11. The third-order valence-electron chi connectivity index (χ3n) is 3.00. The number of nitrogens with zero attached hydrogens (tertiary/aromatic N) is 1. The number of hydrogen-bond donors (Lipinski definition) is 1. The lowest BCUT2D eigenvalue weighted by molar-refractivity contribution is -0.151. The second kappa shape index (κ2) is 5.04. The van der Waals surface area contributed by atoms with Crippen molar-refractivity contribution in [3.05, 3.63) is 41.5 Å². The van der Waals surface area contributed by atoms with E-state index in [4.69, 9.17) is 5.11 Å². The van der Waals surface area contributed by atoms with Gasteiger partial charge in [-0.25, -0.2) is 0 Å². The van der Waals surface area contributed by atoms with Gasteiger partial charge in [-0.15, -0.1) is 0 Å². The predicted molar refractivity (Wildman–Crippen MR) is 67.9 cm³/mol. The summed E-state index contributed by atoms with van der Waals surface area (Å²) >= 11 is 0. The molecule has 0 atom stereocenters. The van der Waals surface area contributed by atoms with Crippen LogP contribution in [0.3, 0.4) is 0 Å². The molecule has 1 aromatic rings. The van der Waals surface area contributed by atoms with Crippen LogP contribution in [0.1, 0.15) is 11.1 Å². The van der Waals surface area contributed by atoms with E-state index in [1.807, 2.05) is 31.2 Å². The largest absolute Gasteiger partial charge is 0.481 e. The van der Waals surface area contributed by atoms with Gasteiger partial charge in [0.15, 0.2) is 0 Å². The molecule has 1 N–H and O–H groups in total. The first-order valence-corrected chi connectivity index (χ1v) is 5.83. The standard InChI is InChI=1S/C14H15NO3/c1-10-3-2-4-11(7-10)5-6-13(16)15-8-12(9-15)14(17)18/h2-7,12H,8-9H2,1H3,(H,17,18). The second-order valence-electron chi connectivity index (χ2n) is 4.53. The minimum atomic E-state index is -0.832. The number of rotatable bonds is 3. The smallest absolute Gasteiger partial charge is 0.310 e. The van der Waals surface area contributed by atoms with Crippen LogP contribution in [-0.4, -0.2) is 35.0 Å². The van der Waals surface area contributed by atoms with E-state index >= 15 is 0 Å². The summed E-state index contributed by atoms with van der Waals surface area (Å²) in [4.78, 5) is 23.8. The van der Waals surface area contributed by atoms with Gasteiger partial charge in [0.05, 0.1) is 5.92 Å². The van der Waals surface area contributed by atoms with E-state index in [0.717, 1.165) is 11.1 Å². The first-order valence-electron chi connectivity index (χ1n) is 5.83. The molecule has 1 saturated heterocycles. The molecule has 94 valence electrons. The Morgan fingerprint density at radius 2 is 2.11 bits per heavy atom. The lowest BCUT2D eigenvalue weighted by Gasteiger charge is -2.35. The van der Waals surface area contributed by atoms with Crippen molar-refractivity contribution >= 4 is 18.0 Å². The molecule has 1 amide bonds. The van der Waals surface area contributed by atoms with E-state index in [0.29, 0.717) is 13.1 Å². The van der Waals surface area contributed by atoms with Crippen molar-refractivity contribution in [1.29, 1.82) is 0 Å². The highest BCUT2D eigenvalue weighted by atomic mass is 16.4. The Labute approximate surface area is 106 Å².